The first-order chi connectivity index (χ1) is 15.3. The lowest BCUT2D eigenvalue weighted by Gasteiger charge is -2.41. The monoisotopic (exact) mass is 446 g/mol. The van der Waals surface area contributed by atoms with Gasteiger partial charge in [0.15, 0.2) is 0 Å². The van der Waals surface area contributed by atoms with Crippen LogP contribution in [0.2, 0.25) is 0 Å². The summed E-state index contributed by atoms with van der Waals surface area (Å²) < 4.78 is 39.5. The second kappa shape index (κ2) is 9.19. The Kier molecular flexibility index (Phi) is 6.53. The number of amides is 1. The minimum absolute atomic E-state index is 0.0839. The van der Waals surface area contributed by atoms with Gasteiger partial charge in [-0.2, -0.15) is 13.2 Å². The van der Waals surface area contributed by atoms with Gasteiger partial charge in [-0.1, -0.05) is 43.3 Å². The Hall–Kier alpha value is -2.45. The third-order valence-corrected chi connectivity index (χ3v) is 6.48. The number of anilines is 1. The summed E-state index contributed by atoms with van der Waals surface area (Å²) in [5.74, 6) is -0.119. The van der Waals surface area contributed by atoms with E-state index in [4.69, 9.17) is 0 Å². The van der Waals surface area contributed by atoms with Crippen LogP contribution in [-0.4, -0.2) is 59.0 Å². The summed E-state index contributed by atoms with van der Waals surface area (Å²) in [6.07, 6.45) is -2.43. The van der Waals surface area contributed by atoms with E-state index in [0.717, 1.165) is 51.6 Å². The van der Waals surface area contributed by atoms with Crippen LogP contribution in [0.15, 0.2) is 48.5 Å². The van der Waals surface area contributed by atoms with Gasteiger partial charge in [-0.25, -0.2) is 4.98 Å². The highest BCUT2D eigenvalue weighted by Crippen LogP contribution is 2.43. The van der Waals surface area contributed by atoms with E-state index in [2.05, 4.69) is 26.9 Å². The van der Waals surface area contributed by atoms with Crippen molar-refractivity contribution in [2.75, 3.05) is 37.6 Å². The number of aromatic nitrogens is 1. The summed E-state index contributed by atoms with van der Waals surface area (Å²) >= 11 is 0. The molecule has 1 amide bonds. The number of halogens is 3. The average Bonchev–Trinajstić information content (AvgIpc) is 3.58. The smallest absolute Gasteiger partial charge is 0.297 e. The van der Waals surface area contributed by atoms with Gasteiger partial charge >= 0.3 is 6.18 Å². The molecule has 1 aliphatic carbocycles. The summed E-state index contributed by atoms with van der Waals surface area (Å²) in [4.78, 5) is 22.8. The Morgan fingerprint density at radius 3 is 2.31 bits per heavy atom. The zero-order chi connectivity index (χ0) is 22.8. The molecule has 0 unspecified atom stereocenters. The van der Waals surface area contributed by atoms with Crippen molar-refractivity contribution in [1.29, 1.82) is 0 Å². The van der Waals surface area contributed by atoms with E-state index in [0.29, 0.717) is 6.54 Å². The van der Waals surface area contributed by atoms with E-state index in [1.807, 2.05) is 18.2 Å². The summed E-state index contributed by atoms with van der Waals surface area (Å²) in [6.45, 7) is 6.65. The molecule has 2 aromatic rings. The fourth-order valence-electron chi connectivity index (χ4n) is 4.45. The lowest BCUT2D eigenvalue weighted by Crippen LogP contribution is -2.55. The molecular formula is C24H29F3N4O. The fourth-order valence-corrected chi connectivity index (χ4v) is 4.45. The minimum Gasteiger partial charge on any atom is -0.297 e. The van der Waals surface area contributed by atoms with E-state index in [1.165, 1.54) is 22.6 Å². The maximum Gasteiger partial charge on any atom is 0.433 e. The van der Waals surface area contributed by atoms with Crippen molar-refractivity contribution in [3.8, 4) is 0 Å². The lowest BCUT2D eigenvalue weighted by molar-refractivity contribution is -0.141. The van der Waals surface area contributed by atoms with E-state index in [1.54, 1.807) is 6.92 Å². The second-order valence-corrected chi connectivity index (χ2v) is 8.69. The molecule has 8 heteroatoms. The standard InChI is InChI=1S/C24H29F3N4O/c1-2-22(32)31(21-10-6-9-20(28-21)24(25,26)27)18-23(11-12-23)30-15-13-29(14-16-30)17-19-7-4-3-5-8-19/h3-10H,2,11-18H2,1H3. The second-order valence-electron chi connectivity index (χ2n) is 8.69. The van der Waals surface area contributed by atoms with Crippen molar-refractivity contribution in [3.05, 3.63) is 59.8 Å². The number of nitrogens with zero attached hydrogens (tertiary/aromatic N) is 4. The molecule has 2 aliphatic rings. The topological polar surface area (TPSA) is 39.7 Å². The SMILES string of the molecule is CCC(=O)N(CC1(N2CCN(Cc3ccccc3)CC2)CC1)c1cccc(C(F)(F)F)n1. The highest BCUT2D eigenvalue weighted by Gasteiger charge is 2.50. The predicted molar refractivity (Wildman–Crippen MR) is 117 cm³/mol. The number of rotatable bonds is 7. The maximum atomic E-state index is 13.2. The van der Waals surface area contributed by atoms with Gasteiger partial charge in [-0.3, -0.25) is 19.5 Å². The Bertz CT molecular complexity index is 922. The molecule has 2 heterocycles. The molecule has 32 heavy (non-hydrogen) atoms. The van der Waals surface area contributed by atoms with E-state index in [-0.39, 0.29) is 23.7 Å². The van der Waals surface area contributed by atoms with Gasteiger partial charge < -0.3 is 0 Å². The van der Waals surface area contributed by atoms with Crippen molar-refractivity contribution in [2.45, 2.75) is 44.4 Å². The number of pyridine rings is 1. The molecular weight excluding hydrogens is 417 g/mol. The van der Waals surface area contributed by atoms with E-state index >= 15 is 0 Å². The van der Waals surface area contributed by atoms with Crippen LogP contribution < -0.4 is 4.90 Å². The van der Waals surface area contributed by atoms with Gasteiger partial charge in [0.25, 0.3) is 0 Å². The summed E-state index contributed by atoms with van der Waals surface area (Å²) in [6, 6.07) is 14.1. The van der Waals surface area contributed by atoms with Gasteiger partial charge in [-0.05, 0) is 30.5 Å². The summed E-state index contributed by atoms with van der Waals surface area (Å²) in [5.41, 5.74) is 0.153. The van der Waals surface area contributed by atoms with Crippen LogP contribution in [0.1, 0.15) is 37.4 Å². The molecule has 0 radical (unpaired) electrons. The van der Waals surface area contributed by atoms with Crippen LogP contribution in [0.25, 0.3) is 0 Å². The molecule has 0 bridgehead atoms. The minimum atomic E-state index is -4.54. The molecule has 0 spiro atoms. The number of piperazine rings is 1. The molecule has 5 nitrogen and oxygen atoms in total. The van der Waals surface area contributed by atoms with Gasteiger partial charge in [0.1, 0.15) is 11.5 Å². The van der Waals surface area contributed by atoms with E-state index in [9.17, 15) is 18.0 Å². The molecule has 1 saturated heterocycles. The fraction of sp³-hybridized carbons (Fsp3) is 0.500. The molecule has 0 N–H and O–H groups in total. The molecule has 172 valence electrons. The third kappa shape index (κ3) is 5.13. The first-order valence-corrected chi connectivity index (χ1v) is 11.2. The van der Waals surface area contributed by atoms with Crippen LogP contribution in [0.5, 0.6) is 0 Å². The number of hydrogen-bond donors (Lipinski definition) is 0. The van der Waals surface area contributed by atoms with Gasteiger partial charge in [-0.15, -0.1) is 0 Å². The quantitative estimate of drug-likeness (QED) is 0.639. The average molecular weight is 447 g/mol. The van der Waals surface area contributed by atoms with E-state index < -0.39 is 11.9 Å². The molecule has 1 aromatic carbocycles. The van der Waals surface area contributed by atoms with Crippen LogP contribution in [-0.2, 0) is 17.5 Å². The zero-order valence-corrected chi connectivity index (χ0v) is 18.3. The van der Waals surface area contributed by atoms with Crippen LogP contribution >= 0.6 is 0 Å². The van der Waals surface area contributed by atoms with Crippen molar-refractivity contribution >= 4 is 11.7 Å². The predicted octanol–water partition coefficient (Wildman–Crippen LogP) is 4.19. The number of alkyl halides is 3. The Balaban J connectivity index is 1.44. The molecule has 1 aromatic heterocycles. The Morgan fingerprint density at radius 2 is 1.72 bits per heavy atom. The van der Waals surface area contributed by atoms with Crippen molar-refractivity contribution in [1.82, 2.24) is 14.8 Å². The Morgan fingerprint density at radius 1 is 1.03 bits per heavy atom. The van der Waals surface area contributed by atoms with Crippen LogP contribution in [0.3, 0.4) is 0 Å². The first-order valence-electron chi connectivity index (χ1n) is 11.2. The summed E-state index contributed by atoms with van der Waals surface area (Å²) in [7, 11) is 0. The first kappa shape index (κ1) is 22.7. The largest absolute Gasteiger partial charge is 0.433 e. The van der Waals surface area contributed by atoms with Gasteiger partial charge in [0, 0.05) is 51.2 Å². The maximum absolute atomic E-state index is 13.2. The molecule has 1 saturated carbocycles. The van der Waals surface area contributed by atoms with Gasteiger partial charge in [0.2, 0.25) is 5.91 Å². The van der Waals surface area contributed by atoms with Crippen LogP contribution in [0, 0.1) is 0 Å². The molecule has 4 rings (SSSR count). The summed E-state index contributed by atoms with van der Waals surface area (Å²) in [5, 5.41) is 0. The number of benzene rings is 1. The lowest BCUT2D eigenvalue weighted by atomic mass is 10.1. The Labute approximate surface area is 186 Å². The number of carbonyl (C=O) groups is 1. The van der Waals surface area contributed by atoms with Crippen molar-refractivity contribution < 1.29 is 18.0 Å². The zero-order valence-electron chi connectivity index (χ0n) is 18.3. The molecule has 1 aliphatic heterocycles. The van der Waals surface area contributed by atoms with Crippen molar-refractivity contribution in [3.63, 3.8) is 0 Å². The molecule has 2 fully saturated rings. The highest BCUT2D eigenvalue weighted by molar-refractivity contribution is 5.92. The van der Waals surface area contributed by atoms with Crippen molar-refractivity contribution in [2.24, 2.45) is 0 Å². The normalized spacial score (nSPS) is 19.0. The van der Waals surface area contributed by atoms with Gasteiger partial charge in [0.05, 0.1) is 0 Å². The molecule has 0 atom stereocenters. The third-order valence-electron chi connectivity index (χ3n) is 6.48. The number of hydrogen-bond acceptors (Lipinski definition) is 4. The highest BCUT2D eigenvalue weighted by atomic mass is 19.4. The number of carbonyl (C=O) groups excluding carboxylic acids is 1. The van der Waals surface area contributed by atoms with Crippen LogP contribution in [0.4, 0.5) is 19.0 Å².